The first kappa shape index (κ1) is 25.7. The maximum absolute atomic E-state index is 12.5. The number of ether oxygens (including phenoxy) is 4. The van der Waals surface area contributed by atoms with Gasteiger partial charge in [-0.3, -0.25) is 4.79 Å². The maximum atomic E-state index is 12.5. The molecule has 9 nitrogen and oxygen atoms in total. The number of benzene rings is 2. The molecular weight excluding hydrogens is 428 g/mol. The largest absolute Gasteiger partial charge is 0.485 e. The van der Waals surface area contributed by atoms with Crippen LogP contribution in [-0.2, 0) is 25.7 Å². The van der Waals surface area contributed by atoms with Crippen molar-refractivity contribution in [3.05, 3.63) is 59.7 Å². The van der Waals surface area contributed by atoms with E-state index < -0.39 is 29.8 Å². The number of carbonyl (C=O) groups excluding carboxylic acids is 3. The first-order valence-corrected chi connectivity index (χ1v) is 10.3. The molecule has 2 aromatic rings. The van der Waals surface area contributed by atoms with Crippen LogP contribution in [0.4, 0.5) is 4.79 Å². The Morgan fingerprint density at radius 3 is 2.33 bits per heavy atom. The molecule has 0 radical (unpaired) electrons. The number of carbonyl (C=O) groups is 3. The lowest BCUT2D eigenvalue weighted by atomic mass is 9.99. The topological polar surface area (TPSA) is 112 Å². The number of hydrogen-bond donors (Lipinski definition) is 2. The molecule has 2 amide bonds. The van der Waals surface area contributed by atoms with Crippen molar-refractivity contribution in [2.24, 2.45) is 0 Å². The lowest BCUT2D eigenvalue weighted by molar-refractivity contribution is -0.167. The van der Waals surface area contributed by atoms with E-state index in [0.717, 1.165) is 5.56 Å². The summed E-state index contributed by atoms with van der Waals surface area (Å²) >= 11 is 0. The van der Waals surface area contributed by atoms with Gasteiger partial charge in [0, 0.05) is 7.05 Å². The maximum Gasteiger partial charge on any atom is 0.412 e. The third kappa shape index (κ3) is 7.80. The minimum Gasteiger partial charge on any atom is -0.485 e. The molecule has 2 atom stereocenters. The van der Waals surface area contributed by atoms with Crippen LogP contribution in [0.3, 0.4) is 0 Å². The molecule has 0 heterocycles. The van der Waals surface area contributed by atoms with Gasteiger partial charge in [0.25, 0.3) is 0 Å². The Morgan fingerprint density at radius 2 is 1.76 bits per heavy atom. The van der Waals surface area contributed by atoms with Crippen LogP contribution in [0.2, 0.25) is 0 Å². The van der Waals surface area contributed by atoms with E-state index in [2.05, 4.69) is 10.6 Å². The van der Waals surface area contributed by atoms with Crippen LogP contribution in [0, 0.1) is 0 Å². The molecule has 2 aromatic carbocycles. The second-order valence-corrected chi connectivity index (χ2v) is 8.06. The van der Waals surface area contributed by atoms with Gasteiger partial charge in [-0.2, -0.15) is 0 Å². The number of nitrogens with one attached hydrogen (secondary N) is 2. The molecule has 9 heteroatoms. The van der Waals surface area contributed by atoms with Gasteiger partial charge in [-0.1, -0.05) is 36.4 Å². The highest BCUT2D eigenvalue weighted by Crippen LogP contribution is 2.34. The van der Waals surface area contributed by atoms with E-state index >= 15 is 0 Å². The highest BCUT2D eigenvalue weighted by atomic mass is 16.6. The molecule has 2 unspecified atom stereocenters. The van der Waals surface area contributed by atoms with Crippen molar-refractivity contribution in [3.63, 3.8) is 0 Å². The first-order valence-electron chi connectivity index (χ1n) is 10.3. The summed E-state index contributed by atoms with van der Waals surface area (Å²) in [5.74, 6) is -0.246. The van der Waals surface area contributed by atoms with Crippen molar-refractivity contribution < 1.29 is 33.3 Å². The molecule has 0 bridgehead atoms. The zero-order valence-corrected chi connectivity index (χ0v) is 19.4. The van der Waals surface area contributed by atoms with E-state index in [9.17, 15) is 14.4 Å². The molecule has 0 aliphatic carbocycles. The van der Waals surface area contributed by atoms with Gasteiger partial charge >= 0.3 is 12.1 Å². The van der Waals surface area contributed by atoms with Crippen LogP contribution in [0.15, 0.2) is 48.5 Å². The second-order valence-electron chi connectivity index (χ2n) is 8.06. The molecule has 0 saturated heterocycles. The Bertz CT molecular complexity index is 942. The molecule has 2 N–H and O–H groups in total. The average Bonchev–Trinajstić information content (AvgIpc) is 2.79. The highest BCUT2D eigenvalue weighted by Gasteiger charge is 2.35. The zero-order valence-electron chi connectivity index (χ0n) is 19.4. The summed E-state index contributed by atoms with van der Waals surface area (Å²) in [7, 11) is 2.66. The Balaban J connectivity index is 2.43. The minimum atomic E-state index is -1.15. The van der Waals surface area contributed by atoms with Gasteiger partial charge in [-0.05, 0) is 44.0 Å². The van der Waals surface area contributed by atoms with Crippen molar-refractivity contribution >= 4 is 18.5 Å². The molecule has 33 heavy (non-hydrogen) atoms. The summed E-state index contributed by atoms with van der Waals surface area (Å²) in [6.07, 6.45) is -1.39. The van der Waals surface area contributed by atoms with Gasteiger partial charge in [-0.25, -0.2) is 9.59 Å². The van der Waals surface area contributed by atoms with Crippen molar-refractivity contribution in [1.29, 1.82) is 0 Å². The monoisotopic (exact) mass is 458 g/mol. The third-order valence-electron chi connectivity index (χ3n) is 4.44. The smallest absolute Gasteiger partial charge is 0.412 e. The van der Waals surface area contributed by atoms with E-state index in [1.54, 1.807) is 32.9 Å². The van der Waals surface area contributed by atoms with Crippen LogP contribution in [0.25, 0.3) is 0 Å². The molecule has 0 spiro atoms. The van der Waals surface area contributed by atoms with Crippen LogP contribution in [-0.4, -0.2) is 44.3 Å². The molecule has 0 aliphatic rings. The molecule has 0 saturated carbocycles. The van der Waals surface area contributed by atoms with Gasteiger partial charge in [-0.15, -0.1) is 0 Å². The van der Waals surface area contributed by atoms with E-state index in [-0.39, 0.29) is 12.4 Å². The van der Waals surface area contributed by atoms with Gasteiger partial charge in [0.2, 0.25) is 6.41 Å². The van der Waals surface area contributed by atoms with E-state index in [1.165, 1.54) is 20.2 Å². The van der Waals surface area contributed by atoms with Crippen molar-refractivity contribution in [2.45, 2.75) is 45.1 Å². The van der Waals surface area contributed by atoms with Gasteiger partial charge in [0.15, 0.2) is 17.6 Å². The summed E-state index contributed by atoms with van der Waals surface area (Å²) in [5.41, 5.74) is 0.673. The van der Waals surface area contributed by atoms with Crippen LogP contribution in [0.5, 0.6) is 11.5 Å². The SMILES string of the molecule is CNC(=O)Oc1cc(C(NC=O)C(OC(C)(C)C)C(=O)OC)ccc1OCc1ccccc1. The molecule has 0 fully saturated rings. The lowest BCUT2D eigenvalue weighted by Gasteiger charge is -2.31. The Labute approximate surface area is 193 Å². The fourth-order valence-electron chi connectivity index (χ4n) is 2.98. The molecular formula is C24H30N2O7. The summed E-state index contributed by atoms with van der Waals surface area (Å²) in [4.78, 5) is 35.8. The number of esters is 1. The van der Waals surface area contributed by atoms with Crippen LogP contribution < -0.4 is 20.1 Å². The van der Waals surface area contributed by atoms with E-state index in [4.69, 9.17) is 18.9 Å². The van der Waals surface area contributed by atoms with Gasteiger partial charge in [0.05, 0.1) is 18.8 Å². The number of hydrogen-bond acceptors (Lipinski definition) is 7. The Kier molecular flexibility index (Phi) is 9.23. The standard InChI is InChI=1S/C24H30N2O7/c1-24(2,3)33-21(22(28)30-5)20(26-15-27)17-11-12-18(19(13-17)32-23(29)25-4)31-14-16-9-7-6-8-10-16/h6-13,15,20-21H,14H2,1-5H3,(H,25,29)(H,26,27). The number of amides is 2. The van der Waals surface area contributed by atoms with Gasteiger partial charge < -0.3 is 29.6 Å². The molecule has 0 aromatic heterocycles. The molecule has 178 valence electrons. The molecule has 2 rings (SSSR count). The van der Waals surface area contributed by atoms with Crippen LogP contribution >= 0.6 is 0 Å². The van der Waals surface area contributed by atoms with Gasteiger partial charge in [0.1, 0.15) is 6.61 Å². The quantitative estimate of drug-likeness (QED) is 0.415. The number of rotatable bonds is 10. The Morgan fingerprint density at radius 1 is 1.06 bits per heavy atom. The predicted octanol–water partition coefficient (Wildman–Crippen LogP) is 3.13. The summed E-state index contributed by atoms with van der Waals surface area (Å²) in [5, 5.41) is 4.99. The second kappa shape index (κ2) is 11.9. The summed E-state index contributed by atoms with van der Waals surface area (Å²) < 4.78 is 22.0. The zero-order chi connectivity index (χ0) is 24.4. The first-order chi connectivity index (χ1) is 15.7. The molecule has 0 aliphatic heterocycles. The fourth-order valence-corrected chi connectivity index (χ4v) is 2.98. The van der Waals surface area contributed by atoms with E-state index in [0.29, 0.717) is 17.7 Å². The average molecular weight is 459 g/mol. The summed E-state index contributed by atoms with van der Waals surface area (Å²) in [6, 6.07) is 13.3. The third-order valence-corrected chi connectivity index (χ3v) is 4.44. The van der Waals surface area contributed by atoms with Crippen molar-refractivity contribution in [3.8, 4) is 11.5 Å². The van der Waals surface area contributed by atoms with E-state index in [1.807, 2.05) is 30.3 Å². The van der Waals surface area contributed by atoms with Crippen molar-refractivity contribution in [2.75, 3.05) is 14.2 Å². The fraction of sp³-hybridized carbons (Fsp3) is 0.375. The predicted molar refractivity (Wildman–Crippen MR) is 121 cm³/mol. The lowest BCUT2D eigenvalue weighted by Crippen LogP contribution is -2.43. The normalized spacial score (nSPS) is 12.8. The number of methoxy groups -OCH3 is 1. The Hall–Kier alpha value is -3.59. The minimum absolute atomic E-state index is 0.111. The van der Waals surface area contributed by atoms with Crippen LogP contribution in [0.1, 0.15) is 37.9 Å². The summed E-state index contributed by atoms with van der Waals surface area (Å²) in [6.45, 7) is 5.59. The highest BCUT2D eigenvalue weighted by molar-refractivity contribution is 5.77. The van der Waals surface area contributed by atoms with Crippen molar-refractivity contribution in [1.82, 2.24) is 10.6 Å².